The topological polar surface area (TPSA) is 54.4 Å². The van der Waals surface area contributed by atoms with Crippen LogP contribution in [0.1, 0.15) is 42.1 Å². The fourth-order valence-corrected chi connectivity index (χ4v) is 2.43. The lowest BCUT2D eigenvalue weighted by atomic mass is 9.85. The molecule has 1 aromatic carbocycles. The lowest BCUT2D eigenvalue weighted by Gasteiger charge is -2.19. The van der Waals surface area contributed by atoms with Crippen molar-refractivity contribution in [1.29, 1.82) is 0 Å². The molecule has 118 valence electrons. The fourth-order valence-electron chi connectivity index (χ4n) is 2.43. The van der Waals surface area contributed by atoms with Crippen molar-refractivity contribution in [2.75, 3.05) is 0 Å². The van der Waals surface area contributed by atoms with Crippen LogP contribution in [-0.2, 0) is 11.0 Å². The van der Waals surface area contributed by atoms with Crippen molar-refractivity contribution < 1.29 is 27.9 Å². The first-order valence-corrected chi connectivity index (χ1v) is 6.83. The Balaban J connectivity index is 2.16. The van der Waals surface area contributed by atoms with Crippen molar-refractivity contribution in [2.24, 2.45) is 5.92 Å². The van der Waals surface area contributed by atoms with Crippen LogP contribution in [0.3, 0.4) is 0 Å². The van der Waals surface area contributed by atoms with E-state index in [4.69, 9.17) is 0 Å². The van der Waals surface area contributed by atoms with E-state index in [1.807, 2.05) is 6.92 Å². The zero-order valence-electron chi connectivity index (χ0n) is 11.9. The molecular formula is C16H15F3O3. The zero-order valence-corrected chi connectivity index (χ0v) is 11.9. The fraction of sp³-hybridized carbons (Fsp3) is 0.375. The van der Waals surface area contributed by atoms with Crippen LogP contribution in [-0.4, -0.2) is 16.7 Å². The molecule has 0 saturated carbocycles. The average Bonchev–Trinajstić information content (AvgIpc) is 2.41. The minimum atomic E-state index is -4.46. The molecule has 0 aliphatic heterocycles. The number of alkyl halides is 3. The summed E-state index contributed by atoms with van der Waals surface area (Å²) in [6.07, 6.45) is -4.15. The summed E-state index contributed by atoms with van der Waals surface area (Å²) in [5, 5.41) is 9.81. The van der Waals surface area contributed by atoms with E-state index in [0.717, 1.165) is 24.3 Å². The van der Waals surface area contributed by atoms with Gasteiger partial charge in [0.2, 0.25) is 0 Å². The van der Waals surface area contributed by atoms with Crippen molar-refractivity contribution in [3.63, 3.8) is 0 Å². The van der Waals surface area contributed by atoms with Gasteiger partial charge in [-0.25, -0.2) is 0 Å². The molecule has 3 nitrogen and oxygen atoms in total. The van der Waals surface area contributed by atoms with E-state index in [-0.39, 0.29) is 41.4 Å². The van der Waals surface area contributed by atoms with Gasteiger partial charge in [-0.05, 0) is 18.1 Å². The first-order valence-electron chi connectivity index (χ1n) is 6.83. The molecule has 1 N–H and O–H groups in total. The molecule has 0 aromatic heterocycles. The maximum absolute atomic E-state index is 12.5. The molecule has 0 bridgehead atoms. The number of carbonyl (C=O) groups is 2. The van der Waals surface area contributed by atoms with Gasteiger partial charge >= 0.3 is 6.18 Å². The van der Waals surface area contributed by atoms with E-state index in [9.17, 15) is 27.9 Å². The molecule has 22 heavy (non-hydrogen) atoms. The lowest BCUT2D eigenvalue weighted by Crippen LogP contribution is -2.20. The minimum Gasteiger partial charge on any atom is -0.512 e. The van der Waals surface area contributed by atoms with E-state index in [1.54, 1.807) is 0 Å². The lowest BCUT2D eigenvalue weighted by molar-refractivity contribution is -0.137. The number of benzene rings is 1. The molecule has 0 radical (unpaired) electrons. The van der Waals surface area contributed by atoms with Gasteiger partial charge in [-0.3, -0.25) is 9.59 Å². The van der Waals surface area contributed by atoms with Gasteiger partial charge in [0, 0.05) is 30.4 Å². The Morgan fingerprint density at radius 3 is 2.32 bits per heavy atom. The largest absolute Gasteiger partial charge is 0.512 e. The van der Waals surface area contributed by atoms with Gasteiger partial charge in [0.25, 0.3) is 0 Å². The third-order valence-electron chi connectivity index (χ3n) is 3.63. The number of aliphatic hydroxyl groups is 1. The van der Waals surface area contributed by atoms with Crippen LogP contribution in [0.25, 0.3) is 0 Å². The third kappa shape index (κ3) is 3.55. The normalized spacial score (nSPS) is 19.5. The maximum atomic E-state index is 12.5. The highest BCUT2D eigenvalue weighted by molar-refractivity contribution is 6.06. The number of ketones is 2. The Morgan fingerprint density at radius 1 is 1.23 bits per heavy atom. The highest BCUT2D eigenvalue weighted by atomic mass is 19.4. The summed E-state index contributed by atoms with van der Waals surface area (Å²) in [6.45, 7) is 1.82. The SMILES string of the molecule is CC1CC(=O)C(CC(=O)c2ccc(C(F)(F)F)cc2)=C(O)C1. The van der Waals surface area contributed by atoms with E-state index in [2.05, 4.69) is 0 Å². The van der Waals surface area contributed by atoms with Gasteiger partial charge in [-0.1, -0.05) is 19.1 Å². The molecule has 0 heterocycles. The Kier molecular flexibility index (Phi) is 4.39. The summed E-state index contributed by atoms with van der Waals surface area (Å²) in [4.78, 5) is 23.9. The number of aliphatic hydroxyl groups excluding tert-OH is 1. The molecule has 0 fully saturated rings. The summed E-state index contributed by atoms with van der Waals surface area (Å²) in [6, 6.07) is 3.82. The maximum Gasteiger partial charge on any atom is 0.416 e. The van der Waals surface area contributed by atoms with E-state index >= 15 is 0 Å². The van der Waals surface area contributed by atoms with Crippen LogP contribution in [0.5, 0.6) is 0 Å². The van der Waals surface area contributed by atoms with Crippen LogP contribution in [0, 0.1) is 5.92 Å². The highest BCUT2D eigenvalue weighted by Gasteiger charge is 2.31. The molecule has 0 spiro atoms. The number of allylic oxidation sites excluding steroid dienone is 2. The highest BCUT2D eigenvalue weighted by Crippen LogP contribution is 2.30. The van der Waals surface area contributed by atoms with Crippen LogP contribution in [0.4, 0.5) is 13.2 Å². The smallest absolute Gasteiger partial charge is 0.416 e. The van der Waals surface area contributed by atoms with Crippen LogP contribution < -0.4 is 0 Å². The van der Waals surface area contributed by atoms with Gasteiger partial charge in [0.1, 0.15) is 0 Å². The van der Waals surface area contributed by atoms with Crippen molar-refractivity contribution in [3.05, 3.63) is 46.7 Å². The molecule has 1 aromatic rings. The predicted octanol–water partition coefficient (Wildman–Crippen LogP) is 4.09. The minimum absolute atomic E-state index is 0.0254. The standard InChI is InChI=1S/C16H15F3O3/c1-9-6-14(21)12(15(22)7-9)8-13(20)10-2-4-11(5-3-10)16(17,18)19/h2-5,9,21H,6-8H2,1H3. The molecular weight excluding hydrogens is 297 g/mol. The predicted molar refractivity (Wildman–Crippen MR) is 73.5 cm³/mol. The van der Waals surface area contributed by atoms with Crippen molar-refractivity contribution in [3.8, 4) is 0 Å². The Bertz CT molecular complexity index is 627. The van der Waals surface area contributed by atoms with Gasteiger partial charge in [0.15, 0.2) is 11.6 Å². The third-order valence-corrected chi connectivity index (χ3v) is 3.63. The van der Waals surface area contributed by atoms with Gasteiger partial charge in [0.05, 0.1) is 11.3 Å². The molecule has 1 atom stereocenters. The Hall–Kier alpha value is -2.11. The quantitative estimate of drug-likeness (QED) is 0.855. The van der Waals surface area contributed by atoms with Crippen LogP contribution in [0.15, 0.2) is 35.6 Å². The van der Waals surface area contributed by atoms with Crippen molar-refractivity contribution in [1.82, 2.24) is 0 Å². The number of hydrogen-bond donors (Lipinski definition) is 1. The van der Waals surface area contributed by atoms with E-state index < -0.39 is 17.5 Å². The number of halogens is 3. The van der Waals surface area contributed by atoms with Crippen molar-refractivity contribution >= 4 is 11.6 Å². The van der Waals surface area contributed by atoms with Gasteiger partial charge in [-0.15, -0.1) is 0 Å². The Morgan fingerprint density at radius 2 is 1.82 bits per heavy atom. The second-order valence-corrected chi connectivity index (χ2v) is 5.54. The number of Topliss-reactive ketones (excluding diaryl/α,β-unsaturated/α-hetero) is 2. The van der Waals surface area contributed by atoms with Crippen LogP contribution in [0.2, 0.25) is 0 Å². The first kappa shape index (κ1) is 16.3. The molecule has 6 heteroatoms. The number of carbonyl (C=O) groups excluding carboxylic acids is 2. The molecule has 2 rings (SSSR count). The Labute approximate surface area is 125 Å². The molecule has 1 aliphatic rings. The summed E-state index contributed by atoms with van der Waals surface area (Å²) < 4.78 is 37.4. The first-order chi connectivity index (χ1) is 10.2. The van der Waals surface area contributed by atoms with Crippen molar-refractivity contribution in [2.45, 2.75) is 32.4 Å². The number of hydrogen-bond acceptors (Lipinski definition) is 3. The monoisotopic (exact) mass is 312 g/mol. The zero-order chi connectivity index (χ0) is 16.5. The number of rotatable bonds is 3. The average molecular weight is 312 g/mol. The molecule has 1 unspecified atom stereocenters. The van der Waals surface area contributed by atoms with Crippen LogP contribution >= 0.6 is 0 Å². The van der Waals surface area contributed by atoms with E-state index in [0.29, 0.717) is 6.42 Å². The van der Waals surface area contributed by atoms with Gasteiger partial charge in [-0.2, -0.15) is 13.2 Å². The summed E-state index contributed by atoms with van der Waals surface area (Å²) in [7, 11) is 0. The van der Waals surface area contributed by atoms with Gasteiger partial charge < -0.3 is 5.11 Å². The summed E-state index contributed by atoms with van der Waals surface area (Å²) in [5.74, 6) is -0.837. The second-order valence-electron chi connectivity index (χ2n) is 5.54. The molecule has 0 amide bonds. The second kappa shape index (κ2) is 5.94. The summed E-state index contributed by atoms with van der Waals surface area (Å²) >= 11 is 0. The summed E-state index contributed by atoms with van der Waals surface area (Å²) in [5.41, 5.74) is -0.684. The molecule has 1 aliphatic carbocycles. The van der Waals surface area contributed by atoms with E-state index in [1.165, 1.54) is 0 Å². The molecule has 0 saturated heterocycles.